The molecule has 0 aliphatic carbocycles. The van der Waals surface area contributed by atoms with Gasteiger partial charge in [0.05, 0.1) is 0 Å². The van der Waals surface area contributed by atoms with Crippen molar-refractivity contribution in [2.75, 3.05) is 31.5 Å². The summed E-state index contributed by atoms with van der Waals surface area (Å²) in [5, 5.41) is 3.07. The smallest absolute Gasteiger partial charge is 0.193 e. The summed E-state index contributed by atoms with van der Waals surface area (Å²) in [7, 11) is 0. The van der Waals surface area contributed by atoms with Crippen molar-refractivity contribution >= 4 is 35.6 Å². The lowest BCUT2D eigenvalue weighted by molar-refractivity contribution is 0.302. The van der Waals surface area contributed by atoms with Crippen LogP contribution in [-0.4, -0.2) is 37.0 Å². The molecule has 0 unspecified atom stereocenters. The van der Waals surface area contributed by atoms with E-state index in [4.69, 9.17) is 5.73 Å². The lowest BCUT2D eigenvalue weighted by Crippen LogP contribution is -2.26. The number of benzene rings is 1. The molecule has 0 atom stereocenters. The van der Waals surface area contributed by atoms with Crippen LogP contribution in [0.5, 0.6) is 0 Å². The quantitative estimate of drug-likeness (QED) is 0.333. The van der Waals surface area contributed by atoms with Gasteiger partial charge >= 0.3 is 0 Å². The van der Waals surface area contributed by atoms with Gasteiger partial charge < -0.3 is 16.0 Å². The maximum absolute atomic E-state index is 5.81. The summed E-state index contributed by atoms with van der Waals surface area (Å²) in [6.07, 6.45) is 1.04. The Labute approximate surface area is 133 Å². The van der Waals surface area contributed by atoms with E-state index in [9.17, 15) is 0 Å². The molecule has 108 valence electrons. The number of nitrogens with one attached hydrogen (secondary N) is 1. The molecule has 1 aromatic carbocycles. The Hall–Kier alpha value is -0.820. The lowest BCUT2D eigenvalue weighted by Gasteiger charge is -2.16. The van der Waals surface area contributed by atoms with Gasteiger partial charge in [-0.2, -0.15) is 0 Å². The van der Waals surface area contributed by atoms with Crippen molar-refractivity contribution in [2.24, 2.45) is 10.7 Å². The number of para-hydroxylation sites is 1. The first kappa shape index (κ1) is 18.2. The van der Waals surface area contributed by atoms with Crippen LogP contribution in [-0.2, 0) is 0 Å². The van der Waals surface area contributed by atoms with Gasteiger partial charge in [-0.1, -0.05) is 32.0 Å². The molecule has 0 aliphatic rings. The van der Waals surface area contributed by atoms with Crippen LogP contribution < -0.4 is 11.1 Å². The van der Waals surface area contributed by atoms with Crippen LogP contribution in [0.15, 0.2) is 35.3 Å². The second kappa shape index (κ2) is 11.0. The monoisotopic (exact) mass is 376 g/mol. The first-order valence-corrected chi connectivity index (χ1v) is 6.60. The molecule has 4 nitrogen and oxygen atoms in total. The minimum Gasteiger partial charge on any atom is -0.370 e. The Balaban J connectivity index is 0.00000324. The third-order valence-electron chi connectivity index (χ3n) is 2.86. The van der Waals surface area contributed by atoms with Crippen LogP contribution in [0, 0.1) is 0 Å². The number of rotatable bonds is 7. The Morgan fingerprint density at radius 2 is 1.84 bits per heavy atom. The Bertz CT molecular complexity index is 350. The summed E-state index contributed by atoms with van der Waals surface area (Å²) >= 11 is 0. The van der Waals surface area contributed by atoms with E-state index in [1.165, 1.54) is 0 Å². The molecule has 1 aromatic rings. The number of nitrogens with two attached hydrogens (primary N) is 1. The largest absolute Gasteiger partial charge is 0.370 e. The molecule has 3 N–H and O–H groups in total. The van der Waals surface area contributed by atoms with Crippen LogP contribution in [0.3, 0.4) is 0 Å². The minimum absolute atomic E-state index is 0. The lowest BCUT2D eigenvalue weighted by atomic mass is 10.3. The van der Waals surface area contributed by atoms with Gasteiger partial charge in [-0.15, -0.1) is 24.0 Å². The summed E-state index contributed by atoms with van der Waals surface area (Å²) < 4.78 is 0. The molecule has 1 rings (SSSR count). The zero-order chi connectivity index (χ0) is 13.2. The normalized spacial score (nSPS) is 11.2. The molecule has 0 heterocycles. The fourth-order valence-electron chi connectivity index (χ4n) is 1.74. The summed E-state index contributed by atoms with van der Waals surface area (Å²) in [6, 6.07) is 9.85. The highest BCUT2D eigenvalue weighted by Crippen LogP contribution is 2.03. The summed E-state index contributed by atoms with van der Waals surface area (Å²) in [4.78, 5) is 6.70. The molecule has 0 saturated heterocycles. The number of guanidine groups is 1. The van der Waals surface area contributed by atoms with Gasteiger partial charge in [-0.3, -0.25) is 4.99 Å². The number of halogens is 1. The van der Waals surface area contributed by atoms with Crippen molar-refractivity contribution in [1.29, 1.82) is 0 Å². The molecule has 0 spiro atoms. The molecule has 19 heavy (non-hydrogen) atoms. The Morgan fingerprint density at radius 1 is 1.21 bits per heavy atom. The maximum Gasteiger partial charge on any atom is 0.193 e. The van der Waals surface area contributed by atoms with Gasteiger partial charge in [0.15, 0.2) is 5.96 Å². The third-order valence-corrected chi connectivity index (χ3v) is 2.86. The Kier molecular flexibility index (Phi) is 10.6. The number of nitrogens with zero attached hydrogens (tertiary/aromatic N) is 2. The van der Waals surface area contributed by atoms with E-state index < -0.39 is 0 Å². The zero-order valence-corrected chi connectivity index (χ0v) is 14.1. The number of anilines is 1. The van der Waals surface area contributed by atoms with Gasteiger partial charge in [-0.05, 0) is 38.2 Å². The van der Waals surface area contributed by atoms with Crippen LogP contribution in [0.1, 0.15) is 20.3 Å². The summed E-state index contributed by atoms with van der Waals surface area (Å²) in [5.41, 5.74) is 6.79. The fraction of sp³-hybridized carbons (Fsp3) is 0.500. The summed E-state index contributed by atoms with van der Waals surface area (Å²) in [6.45, 7) is 8.39. The number of aliphatic imine (C=N–C) groups is 1. The van der Waals surface area contributed by atoms with E-state index in [0.29, 0.717) is 5.96 Å². The average Bonchev–Trinajstić information content (AvgIpc) is 2.40. The van der Waals surface area contributed by atoms with E-state index >= 15 is 0 Å². The van der Waals surface area contributed by atoms with E-state index in [1.807, 2.05) is 30.3 Å². The van der Waals surface area contributed by atoms with Crippen molar-refractivity contribution < 1.29 is 0 Å². The highest BCUT2D eigenvalue weighted by atomic mass is 127. The molecule has 0 saturated carbocycles. The average molecular weight is 376 g/mol. The standard InChI is InChI=1S/C14H24N4.HI/c1-3-18(4-2)12-8-11-16-14(15)17-13-9-6-5-7-10-13;/h5-7,9-10H,3-4,8,11-12H2,1-2H3,(H3,15,16,17);1H. The predicted octanol–water partition coefficient (Wildman–Crippen LogP) is 2.76. The number of hydrogen-bond acceptors (Lipinski definition) is 2. The first-order valence-electron chi connectivity index (χ1n) is 6.60. The van der Waals surface area contributed by atoms with Gasteiger partial charge in [0, 0.05) is 12.2 Å². The van der Waals surface area contributed by atoms with Crippen LogP contribution >= 0.6 is 24.0 Å². The van der Waals surface area contributed by atoms with E-state index in [2.05, 4.69) is 29.1 Å². The topological polar surface area (TPSA) is 53.6 Å². The van der Waals surface area contributed by atoms with Gasteiger partial charge in [0.2, 0.25) is 0 Å². The van der Waals surface area contributed by atoms with Gasteiger partial charge in [0.25, 0.3) is 0 Å². The van der Waals surface area contributed by atoms with Crippen molar-refractivity contribution in [3.8, 4) is 0 Å². The predicted molar refractivity (Wildman–Crippen MR) is 94.4 cm³/mol. The molecule has 0 fully saturated rings. The van der Waals surface area contributed by atoms with Crippen molar-refractivity contribution in [1.82, 2.24) is 4.90 Å². The summed E-state index contributed by atoms with van der Waals surface area (Å²) in [5.74, 6) is 0.487. The highest BCUT2D eigenvalue weighted by Gasteiger charge is 1.98. The molecular weight excluding hydrogens is 351 g/mol. The van der Waals surface area contributed by atoms with Crippen LogP contribution in [0.4, 0.5) is 5.69 Å². The van der Waals surface area contributed by atoms with Gasteiger partial charge in [-0.25, -0.2) is 0 Å². The molecule has 0 aromatic heterocycles. The van der Waals surface area contributed by atoms with E-state index in [-0.39, 0.29) is 24.0 Å². The fourth-order valence-corrected chi connectivity index (χ4v) is 1.74. The molecule has 0 bridgehead atoms. The first-order chi connectivity index (χ1) is 8.76. The second-order valence-electron chi connectivity index (χ2n) is 4.14. The molecule has 0 aliphatic heterocycles. The number of hydrogen-bond donors (Lipinski definition) is 2. The third kappa shape index (κ3) is 8.05. The van der Waals surface area contributed by atoms with Crippen molar-refractivity contribution in [3.63, 3.8) is 0 Å². The second-order valence-corrected chi connectivity index (χ2v) is 4.14. The van der Waals surface area contributed by atoms with E-state index in [0.717, 1.165) is 38.3 Å². The van der Waals surface area contributed by atoms with Crippen LogP contribution in [0.25, 0.3) is 0 Å². The molecule has 0 radical (unpaired) electrons. The Morgan fingerprint density at radius 3 is 2.42 bits per heavy atom. The highest BCUT2D eigenvalue weighted by molar-refractivity contribution is 14.0. The van der Waals surface area contributed by atoms with Crippen LogP contribution in [0.2, 0.25) is 0 Å². The zero-order valence-electron chi connectivity index (χ0n) is 11.8. The SMILES string of the molecule is CCN(CC)CCCN=C(N)Nc1ccccc1.I. The maximum atomic E-state index is 5.81. The molecule has 5 heteroatoms. The van der Waals surface area contributed by atoms with Crippen molar-refractivity contribution in [3.05, 3.63) is 30.3 Å². The van der Waals surface area contributed by atoms with E-state index in [1.54, 1.807) is 0 Å². The van der Waals surface area contributed by atoms with Gasteiger partial charge in [0.1, 0.15) is 0 Å². The molecular formula is C14H25IN4. The molecule has 0 amide bonds. The minimum atomic E-state index is 0. The van der Waals surface area contributed by atoms with Crippen molar-refractivity contribution in [2.45, 2.75) is 20.3 Å².